The first kappa shape index (κ1) is 18.0. The number of aliphatic hydroxyl groups excluding tert-OH is 1. The zero-order chi connectivity index (χ0) is 18.9. The van der Waals surface area contributed by atoms with Gasteiger partial charge in [-0.3, -0.25) is 0 Å². The van der Waals surface area contributed by atoms with Gasteiger partial charge in [0.2, 0.25) is 0 Å². The lowest BCUT2D eigenvalue weighted by Crippen LogP contribution is -2.10. The normalized spacial score (nSPS) is 12.9. The van der Waals surface area contributed by atoms with Crippen LogP contribution in [-0.4, -0.2) is 22.8 Å². The Bertz CT molecular complexity index is 933. The van der Waals surface area contributed by atoms with Crippen LogP contribution in [0.15, 0.2) is 52.9 Å². The first-order chi connectivity index (χ1) is 12.2. The van der Waals surface area contributed by atoms with Crippen molar-refractivity contribution in [2.75, 3.05) is 6.61 Å². The summed E-state index contributed by atoms with van der Waals surface area (Å²) in [6.45, 7) is 6.39. The highest BCUT2D eigenvalue weighted by Gasteiger charge is 2.18. The van der Waals surface area contributed by atoms with E-state index < -0.39 is 12.1 Å². The Kier molecular flexibility index (Phi) is 4.74. The predicted molar refractivity (Wildman–Crippen MR) is 98.8 cm³/mol. The second-order valence-electron chi connectivity index (χ2n) is 7.31. The fourth-order valence-electron chi connectivity index (χ4n) is 2.67. The summed E-state index contributed by atoms with van der Waals surface area (Å²) in [5, 5.41) is 20.3. The van der Waals surface area contributed by atoms with Crippen molar-refractivity contribution in [2.24, 2.45) is 0 Å². The van der Waals surface area contributed by atoms with Crippen LogP contribution in [0.3, 0.4) is 0 Å². The molecule has 2 N–H and O–H groups in total. The quantitative estimate of drug-likeness (QED) is 0.703. The number of hydrogen-bond acceptors (Lipinski definition) is 4. The summed E-state index contributed by atoms with van der Waals surface area (Å²) in [5.74, 6) is -0.224. The van der Waals surface area contributed by atoms with E-state index in [0.717, 1.165) is 5.39 Å². The zero-order valence-electron chi connectivity index (χ0n) is 15.0. The summed E-state index contributed by atoms with van der Waals surface area (Å²) >= 11 is 0. The Morgan fingerprint density at radius 3 is 2.62 bits per heavy atom. The average molecular weight is 354 g/mol. The van der Waals surface area contributed by atoms with Gasteiger partial charge in [0.15, 0.2) is 0 Å². The maximum absolute atomic E-state index is 11.0. The number of furan rings is 1. The van der Waals surface area contributed by atoms with Gasteiger partial charge in [0.05, 0.1) is 5.56 Å². The van der Waals surface area contributed by atoms with Crippen molar-refractivity contribution >= 4 is 16.9 Å². The number of carbonyl (C=O) groups is 1. The molecule has 0 saturated heterocycles. The van der Waals surface area contributed by atoms with Gasteiger partial charge in [-0.25, -0.2) is 4.79 Å². The number of hydrogen-bond donors (Lipinski definition) is 2. The van der Waals surface area contributed by atoms with Crippen LogP contribution in [0.5, 0.6) is 5.75 Å². The summed E-state index contributed by atoms with van der Waals surface area (Å²) in [6, 6.07) is 14.0. The van der Waals surface area contributed by atoms with Gasteiger partial charge in [0, 0.05) is 5.39 Å². The number of carboxylic acid groups (broad SMARTS) is 1. The van der Waals surface area contributed by atoms with Crippen LogP contribution < -0.4 is 4.74 Å². The van der Waals surface area contributed by atoms with Crippen LogP contribution in [0.1, 0.15) is 48.6 Å². The molecule has 3 rings (SSSR count). The van der Waals surface area contributed by atoms with E-state index in [1.54, 1.807) is 12.1 Å². The molecule has 0 aliphatic heterocycles. The molecule has 1 aromatic heterocycles. The summed E-state index contributed by atoms with van der Waals surface area (Å²) in [7, 11) is 0. The van der Waals surface area contributed by atoms with Gasteiger partial charge >= 0.3 is 5.97 Å². The molecule has 2 aromatic carbocycles. The van der Waals surface area contributed by atoms with E-state index in [1.807, 2.05) is 18.2 Å². The molecule has 0 bridgehead atoms. The molecule has 1 atom stereocenters. The number of ether oxygens (including phenoxy) is 1. The van der Waals surface area contributed by atoms with E-state index >= 15 is 0 Å². The standard InChI is InChI=1S/C21H22O5/c1-21(2,3)15-7-8-18-14(9-15)11-19(26-18)17(22)12-25-16-6-4-5-13(10-16)20(23)24/h4-11,17,22H,12H2,1-3H3,(H,23,24). The molecule has 1 unspecified atom stereocenters. The Morgan fingerprint density at radius 2 is 1.92 bits per heavy atom. The molecule has 0 amide bonds. The maximum Gasteiger partial charge on any atom is 0.335 e. The molecule has 5 heteroatoms. The summed E-state index contributed by atoms with van der Waals surface area (Å²) in [6.07, 6.45) is -0.950. The van der Waals surface area contributed by atoms with Gasteiger partial charge in [-0.1, -0.05) is 32.9 Å². The fraction of sp³-hybridized carbons (Fsp3) is 0.286. The molecule has 5 nitrogen and oxygen atoms in total. The maximum atomic E-state index is 11.0. The van der Waals surface area contributed by atoms with Crippen molar-refractivity contribution in [1.29, 1.82) is 0 Å². The fourth-order valence-corrected chi connectivity index (χ4v) is 2.67. The van der Waals surface area contributed by atoms with Crippen LogP contribution in [-0.2, 0) is 5.41 Å². The molecule has 0 saturated carbocycles. The van der Waals surface area contributed by atoms with Gasteiger partial charge in [0.25, 0.3) is 0 Å². The van der Waals surface area contributed by atoms with Crippen LogP contribution in [0.25, 0.3) is 11.0 Å². The van der Waals surface area contributed by atoms with Crippen molar-refractivity contribution in [1.82, 2.24) is 0 Å². The third kappa shape index (κ3) is 3.89. The van der Waals surface area contributed by atoms with E-state index in [-0.39, 0.29) is 17.6 Å². The molecule has 0 aliphatic rings. The van der Waals surface area contributed by atoms with Crippen LogP contribution in [0.2, 0.25) is 0 Å². The highest BCUT2D eigenvalue weighted by Crippen LogP contribution is 2.30. The minimum atomic E-state index is -1.03. The second-order valence-corrected chi connectivity index (χ2v) is 7.31. The molecule has 3 aromatic rings. The van der Waals surface area contributed by atoms with Crippen LogP contribution >= 0.6 is 0 Å². The Hall–Kier alpha value is -2.79. The molecule has 1 heterocycles. The van der Waals surface area contributed by atoms with Gasteiger partial charge in [-0.2, -0.15) is 0 Å². The first-order valence-corrected chi connectivity index (χ1v) is 8.42. The zero-order valence-corrected chi connectivity index (χ0v) is 15.0. The smallest absolute Gasteiger partial charge is 0.335 e. The topological polar surface area (TPSA) is 79.9 Å². The summed E-state index contributed by atoms with van der Waals surface area (Å²) in [5.41, 5.74) is 2.06. The number of aliphatic hydroxyl groups is 1. The number of fused-ring (bicyclic) bond motifs is 1. The molecule has 136 valence electrons. The summed E-state index contributed by atoms with van der Waals surface area (Å²) < 4.78 is 11.2. The third-order valence-corrected chi connectivity index (χ3v) is 4.22. The Balaban J connectivity index is 1.74. The second kappa shape index (κ2) is 6.84. The first-order valence-electron chi connectivity index (χ1n) is 8.42. The van der Waals surface area contributed by atoms with Crippen molar-refractivity contribution in [2.45, 2.75) is 32.3 Å². The number of aromatic carboxylic acids is 1. The average Bonchev–Trinajstić information content (AvgIpc) is 3.02. The minimum absolute atomic E-state index is 0.0303. The lowest BCUT2D eigenvalue weighted by Gasteiger charge is -2.18. The van der Waals surface area contributed by atoms with Gasteiger partial charge < -0.3 is 19.4 Å². The minimum Gasteiger partial charge on any atom is -0.490 e. The van der Waals surface area contributed by atoms with E-state index in [2.05, 4.69) is 26.8 Å². The van der Waals surface area contributed by atoms with Crippen molar-refractivity contribution in [3.63, 3.8) is 0 Å². The number of carboxylic acids is 1. The van der Waals surface area contributed by atoms with E-state index in [0.29, 0.717) is 17.1 Å². The van der Waals surface area contributed by atoms with Gasteiger partial charge in [-0.05, 0) is 47.4 Å². The van der Waals surface area contributed by atoms with E-state index in [9.17, 15) is 9.90 Å². The lowest BCUT2D eigenvalue weighted by molar-refractivity contribution is 0.0695. The summed E-state index contributed by atoms with van der Waals surface area (Å²) in [4.78, 5) is 11.0. The van der Waals surface area contributed by atoms with Crippen molar-refractivity contribution in [3.05, 3.63) is 65.4 Å². The van der Waals surface area contributed by atoms with Crippen molar-refractivity contribution < 1.29 is 24.2 Å². The largest absolute Gasteiger partial charge is 0.490 e. The number of benzene rings is 2. The van der Waals surface area contributed by atoms with Crippen LogP contribution in [0, 0.1) is 0 Å². The molecule has 0 spiro atoms. The molecular formula is C21H22O5. The van der Waals surface area contributed by atoms with Gasteiger partial charge in [-0.15, -0.1) is 0 Å². The highest BCUT2D eigenvalue weighted by molar-refractivity contribution is 5.88. The Morgan fingerprint density at radius 1 is 1.15 bits per heavy atom. The van der Waals surface area contributed by atoms with E-state index in [1.165, 1.54) is 17.7 Å². The van der Waals surface area contributed by atoms with E-state index in [4.69, 9.17) is 14.3 Å². The lowest BCUT2D eigenvalue weighted by atomic mass is 9.86. The molecular weight excluding hydrogens is 332 g/mol. The Labute approximate surface area is 151 Å². The monoisotopic (exact) mass is 354 g/mol. The number of rotatable bonds is 5. The van der Waals surface area contributed by atoms with Crippen LogP contribution in [0.4, 0.5) is 0 Å². The molecule has 0 radical (unpaired) electrons. The highest BCUT2D eigenvalue weighted by atomic mass is 16.5. The SMILES string of the molecule is CC(C)(C)c1ccc2oc(C(O)COc3cccc(C(=O)O)c3)cc2c1. The molecule has 0 aliphatic carbocycles. The van der Waals surface area contributed by atoms with Gasteiger partial charge in [0.1, 0.15) is 29.8 Å². The van der Waals surface area contributed by atoms with Crippen molar-refractivity contribution in [3.8, 4) is 5.75 Å². The molecule has 26 heavy (non-hydrogen) atoms. The third-order valence-electron chi connectivity index (χ3n) is 4.22. The predicted octanol–water partition coefficient (Wildman–Crippen LogP) is 4.54. The molecule has 0 fully saturated rings.